The third-order valence-corrected chi connectivity index (χ3v) is 5.24. The summed E-state index contributed by atoms with van der Waals surface area (Å²) >= 11 is 1.26. The average Bonchev–Trinajstić information content (AvgIpc) is 3.23. The zero-order valence-electron chi connectivity index (χ0n) is 16.0. The quantitative estimate of drug-likeness (QED) is 0.360. The van der Waals surface area contributed by atoms with Crippen LogP contribution >= 0.6 is 11.3 Å². The highest BCUT2D eigenvalue weighted by atomic mass is 32.1. The van der Waals surface area contributed by atoms with E-state index in [0.29, 0.717) is 45.3 Å². The van der Waals surface area contributed by atoms with Crippen LogP contribution in [0.5, 0.6) is 11.5 Å². The molecule has 1 N–H and O–H groups in total. The van der Waals surface area contributed by atoms with Gasteiger partial charge in [0.1, 0.15) is 16.7 Å². The molecule has 0 radical (unpaired) electrons. The molecule has 0 bridgehead atoms. The van der Waals surface area contributed by atoms with Gasteiger partial charge in [-0.05, 0) is 42.8 Å². The van der Waals surface area contributed by atoms with E-state index in [0.717, 1.165) is 5.39 Å². The molecule has 0 aliphatic rings. The third kappa shape index (κ3) is 3.81. The van der Waals surface area contributed by atoms with E-state index >= 15 is 0 Å². The smallest absolute Gasteiger partial charge is 0.345 e. The Bertz CT molecular complexity index is 1360. The maximum atomic E-state index is 12.4. The summed E-state index contributed by atoms with van der Waals surface area (Å²) in [5.74, 6) is 0.379. The molecular weight excluding hydrogens is 400 g/mol. The molecule has 0 saturated heterocycles. The molecule has 0 fully saturated rings. The Morgan fingerprint density at radius 3 is 2.93 bits per heavy atom. The van der Waals surface area contributed by atoms with E-state index in [1.807, 2.05) is 19.1 Å². The Balaban J connectivity index is 1.72. The van der Waals surface area contributed by atoms with Crippen LogP contribution < -0.4 is 10.4 Å². The molecule has 0 atom stereocenters. The van der Waals surface area contributed by atoms with Crippen LogP contribution in [-0.4, -0.2) is 16.7 Å². The van der Waals surface area contributed by atoms with Gasteiger partial charge in [-0.2, -0.15) is 5.26 Å². The first-order valence-corrected chi connectivity index (χ1v) is 10.0. The fourth-order valence-electron chi connectivity index (χ4n) is 2.96. The number of fused-ring (bicyclic) bond motifs is 1. The number of hydrogen-bond acceptors (Lipinski definition) is 7. The number of nitriles is 1. The van der Waals surface area contributed by atoms with Crippen molar-refractivity contribution in [3.8, 4) is 28.8 Å². The van der Waals surface area contributed by atoms with E-state index in [1.54, 1.807) is 41.8 Å². The molecule has 0 aliphatic heterocycles. The molecule has 2 aromatic heterocycles. The van der Waals surface area contributed by atoms with Crippen LogP contribution in [0.3, 0.4) is 0 Å². The minimum atomic E-state index is -0.479. The van der Waals surface area contributed by atoms with Gasteiger partial charge in [0.15, 0.2) is 11.5 Å². The molecule has 30 heavy (non-hydrogen) atoms. The van der Waals surface area contributed by atoms with Gasteiger partial charge >= 0.3 is 5.63 Å². The Labute approximate surface area is 175 Å². The standard InChI is InChI=1S/C23H16N2O4S/c1-2-28-21-10-14(7-8-19(21)26)9-16(12-24)22-25-18(13-30-22)17-11-15-5-3-4-6-20(15)29-23(17)27/h3-11,13,26H,2H2,1H3/b16-9+. The van der Waals surface area contributed by atoms with Crippen LogP contribution in [0.25, 0.3) is 33.9 Å². The SMILES string of the molecule is CCOc1cc(/C=C(\C#N)c2nc(-c3cc4ccccc4oc3=O)cs2)ccc1O. The van der Waals surface area contributed by atoms with Crippen molar-refractivity contribution < 1.29 is 14.3 Å². The van der Waals surface area contributed by atoms with E-state index in [-0.39, 0.29) is 5.75 Å². The normalized spacial score (nSPS) is 11.4. The summed E-state index contributed by atoms with van der Waals surface area (Å²) < 4.78 is 10.8. The molecule has 0 spiro atoms. The number of ether oxygens (including phenoxy) is 1. The van der Waals surface area contributed by atoms with Gasteiger partial charge in [-0.15, -0.1) is 11.3 Å². The number of thiazole rings is 1. The first-order chi connectivity index (χ1) is 14.6. The second-order valence-electron chi connectivity index (χ2n) is 6.35. The number of benzene rings is 2. The van der Waals surface area contributed by atoms with E-state index in [9.17, 15) is 15.2 Å². The van der Waals surface area contributed by atoms with Gasteiger partial charge in [0.25, 0.3) is 0 Å². The van der Waals surface area contributed by atoms with Gasteiger partial charge in [-0.1, -0.05) is 24.3 Å². The third-order valence-electron chi connectivity index (χ3n) is 4.37. The van der Waals surface area contributed by atoms with E-state index < -0.39 is 5.63 Å². The molecule has 0 saturated carbocycles. The summed E-state index contributed by atoms with van der Waals surface area (Å²) in [7, 11) is 0. The Morgan fingerprint density at radius 1 is 1.30 bits per heavy atom. The lowest BCUT2D eigenvalue weighted by atomic mass is 10.1. The highest BCUT2D eigenvalue weighted by molar-refractivity contribution is 7.11. The minimum Gasteiger partial charge on any atom is -0.504 e. The number of phenols is 1. The van der Waals surface area contributed by atoms with Gasteiger partial charge in [0.2, 0.25) is 0 Å². The van der Waals surface area contributed by atoms with Crippen LogP contribution in [0.1, 0.15) is 17.5 Å². The Morgan fingerprint density at radius 2 is 2.13 bits per heavy atom. The van der Waals surface area contributed by atoms with Crippen molar-refractivity contribution >= 4 is 34.0 Å². The van der Waals surface area contributed by atoms with Gasteiger partial charge in [0.05, 0.1) is 23.4 Å². The maximum Gasteiger partial charge on any atom is 0.345 e. The molecule has 148 valence electrons. The predicted molar refractivity (Wildman–Crippen MR) is 116 cm³/mol. The molecule has 0 unspecified atom stereocenters. The van der Waals surface area contributed by atoms with Crippen LogP contribution in [0.4, 0.5) is 0 Å². The lowest BCUT2D eigenvalue weighted by Crippen LogP contribution is -2.02. The summed E-state index contributed by atoms with van der Waals surface area (Å²) in [5, 5.41) is 22.5. The molecule has 6 nitrogen and oxygen atoms in total. The topological polar surface area (TPSA) is 96.4 Å². The number of nitrogens with zero attached hydrogens (tertiary/aromatic N) is 2. The number of aromatic nitrogens is 1. The maximum absolute atomic E-state index is 12.4. The van der Waals surface area contributed by atoms with Crippen molar-refractivity contribution in [2.75, 3.05) is 6.61 Å². The number of aromatic hydroxyl groups is 1. The van der Waals surface area contributed by atoms with Crippen molar-refractivity contribution in [2.45, 2.75) is 6.92 Å². The summed E-state index contributed by atoms with van der Waals surface area (Å²) in [5.41, 5.74) is 1.86. The van der Waals surface area contributed by atoms with Crippen molar-refractivity contribution in [1.82, 2.24) is 4.98 Å². The predicted octanol–water partition coefficient (Wildman–Crippen LogP) is 5.08. The van der Waals surface area contributed by atoms with Gasteiger partial charge in [0, 0.05) is 10.8 Å². The highest BCUT2D eigenvalue weighted by Crippen LogP contribution is 2.30. The van der Waals surface area contributed by atoms with Crippen molar-refractivity contribution in [3.05, 3.63) is 74.9 Å². The largest absolute Gasteiger partial charge is 0.504 e. The Hall–Kier alpha value is -3.89. The van der Waals surface area contributed by atoms with Gasteiger partial charge in [-0.3, -0.25) is 0 Å². The van der Waals surface area contributed by atoms with Crippen molar-refractivity contribution in [3.63, 3.8) is 0 Å². The van der Waals surface area contributed by atoms with E-state index in [2.05, 4.69) is 11.1 Å². The van der Waals surface area contributed by atoms with E-state index in [4.69, 9.17) is 9.15 Å². The highest BCUT2D eigenvalue weighted by Gasteiger charge is 2.14. The summed E-state index contributed by atoms with van der Waals surface area (Å²) in [6.45, 7) is 2.24. The van der Waals surface area contributed by atoms with E-state index in [1.165, 1.54) is 17.4 Å². The zero-order valence-corrected chi connectivity index (χ0v) is 16.8. The molecule has 7 heteroatoms. The monoisotopic (exact) mass is 416 g/mol. The summed E-state index contributed by atoms with van der Waals surface area (Å²) in [6.07, 6.45) is 1.66. The second-order valence-corrected chi connectivity index (χ2v) is 7.21. The van der Waals surface area contributed by atoms with Crippen LogP contribution in [-0.2, 0) is 0 Å². The number of hydrogen-bond donors (Lipinski definition) is 1. The van der Waals surface area contributed by atoms with Crippen molar-refractivity contribution in [2.24, 2.45) is 0 Å². The van der Waals surface area contributed by atoms with Crippen LogP contribution in [0.15, 0.2) is 63.1 Å². The molecule has 4 aromatic rings. The molecular formula is C23H16N2O4S. The number of para-hydroxylation sites is 1. The molecule has 0 aliphatic carbocycles. The van der Waals surface area contributed by atoms with Crippen molar-refractivity contribution in [1.29, 1.82) is 5.26 Å². The number of rotatable bonds is 5. The molecule has 4 rings (SSSR count). The fraction of sp³-hybridized carbons (Fsp3) is 0.0870. The number of allylic oxidation sites excluding steroid dienone is 1. The molecule has 2 heterocycles. The fourth-order valence-corrected chi connectivity index (χ4v) is 3.75. The second kappa shape index (κ2) is 8.23. The number of phenolic OH excluding ortho intramolecular Hbond substituents is 1. The molecule has 0 amide bonds. The van der Waals surface area contributed by atoms with Gasteiger partial charge in [-0.25, -0.2) is 9.78 Å². The van der Waals surface area contributed by atoms with Gasteiger partial charge < -0.3 is 14.3 Å². The lowest BCUT2D eigenvalue weighted by molar-refractivity contribution is 0.318. The van der Waals surface area contributed by atoms with Crippen LogP contribution in [0.2, 0.25) is 0 Å². The first kappa shape index (κ1) is 19.4. The lowest BCUT2D eigenvalue weighted by Gasteiger charge is -2.06. The Kier molecular flexibility index (Phi) is 5.33. The first-order valence-electron chi connectivity index (χ1n) is 9.16. The summed E-state index contributed by atoms with van der Waals surface area (Å²) in [4.78, 5) is 16.9. The molecule has 2 aromatic carbocycles. The van der Waals surface area contributed by atoms with Crippen LogP contribution in [0, 0.1) is 11.3 Å². The zero-order chi connectivity index (χ0) is 21.1. The average molecular weight is 416 g/mol. The minimum absolute atomic E-state index is 0.0343. The summed E-state index contributed by atoms with van der Waals surface area (Å²) in [6, 6.07) is 16.0.